The van der Waals surface area contributed by atoms with Crippen molar-refractivity contribution < 1.29 is 0 Å². The summed E-state index contributed by atoms with van der Waals surface area (Å²) in [6.07, 6.45) is 1.66. The minimum absolute atomic E-state index is 0.469. The van der Waals surface area contributed by atoms with E-state index < -0.39 is 0 Å². The number of anilines is 2. The summed E-state index contributed by atoms with van der Waals surface area (Å²) in [4.78, 5) is 3.92. The lowest BCUT2D eigenvalue weighted by Gasteiger charge is -2.09. The fourth-order valence-corrected chi connectivity index (χ4v) is 1.80. The van der Waals surface area contributed by atoms with E-state index in [4.69, 9.17) is 23.2 Å². The summed E-state index contributed by atoms with van der Waals surface area (Å²) >= 11 is 11.7. The van der Waals surface area contributed by atoms with E-state index in [0.29, 0.717) is 5.15 Å². The fraction of sp³-hybridized carbons (Fsp3) is 0.0833. The van der Waals surface area contributed by atoms with Crippen molar-refractivity contribution in [1.82, 2.24) is 4.98 Å². The zero-order chi connectivity index (χ0) is 11.5. The summed E-state index contributed by atoms with van der Waals surface area (Å²) in [6, 6.07) is 9.33. The van der Waals surface area contributed by atoms with Crippen LogP contribution in [0.1, 0.15) is 5.56 Å². The van der Waals surface area contributed by atoms with Gasteiger partial charge in [0.1, 0.15) is 5.15 Å². The highest BCUT2D eigenvalue weighted by molar-refractivity contribution is 6.30. The number of pyridine rings is 1. The molecular formula is C12H10Cl2N2. The molecule has 2 nitrogen and oxygen atoms in total. The van der Waals surface area contributed by atoms with Gasteiger partial charge < -0.3 is 5.32 Å². The number of halogens is 2. The van der Waals surface area contributed by atoms with E-state index in [1.807, 2.05) is 31.2 Å². The third-order valence-electron chi connectivity index (χ3n) is 2.19. The molecule has 0 saturated heterocycles. The minimum Gasteiger partial charge on any atom is -0.355 e. The number of hydrogen-bond acceptors (Lipinski definition) is 2. The van der Waals surface area contributed by atoms with Crippen LogP contribution in [0.25, 0.3) is 0 Å². The largest absolute Gasteiger partial charge is 0.355 e. The summed E-state index contributed by atoms with van der Waals surface area (Å²) < 4.78 is 0. The van der Waals surface area contributed by atoms with Crippen LogP contribution in [0.3, 0.4) is 0 Å². The Morgan fingerprint density at radius 3 is 2.62 bits per heavy atom. The molecule has 1 heterocycles. The molecule has 0 saturated carbocycles. The van der Waals surface area contributed by atoms with Gasteiger partial charge in [-0.15, -0.1) is 0 Å². The van der Waals surface area contributed by atoms with Gasteiger partial charge in [0.25, 0.3) is 0 Å². The third kappa shape index (κ3) is 2.65. The number of rotatable bonds is 2. The molecule has 0 aliphatic heterocycles. The van der Waals surface area contributed by atoms with Gasteiger partial charge in [-0.3, -0.25) is 0 Å². The van der Waals surface area contributed by atoms with Gasteiger partial charge in [-0.1, -0.05) is 23.2 Å². The first kappa shape index (κ1) is 11.2. The van der Waals surface area contributed by atoms with E-state index in [1.54, 1.807) is 12.3 Å². The van der Waals surface area contributed by atoms with Gasteiger partial charge in [0, 0.05) is 22.6 Å². The molecule has 0 spiro atoms. The molecule has 1 aromatic carbocycles. The molecule has 1 N–H and O–H groups in total. The number of nitrogens with one attached hydrogen (secondary N) is 1. The first-order valence-electron chi connectivity index (χ1n) is 4.80. The topological polar surface area (TPSA) is 24.9 Å². The Morgan fingerprint density at radius 2 is 1.94 bits per heavy atom. The van der Waals surface area contributed by atoms with Crippen molar-refractivity contribution in [3.63, 3.8) is 0 Å². The average Bonchev–Trinajstić information content (AvgIpc) is 2.22. The van der Waals surface area contributed by atoms with Gasteiger partial charge in [-0.25, -0.2) is 4.98 Å². The zero-order valence-corrected chi connectivity index (χ0v) is 10.2. The lowest BCUT2D eigenvalue weighted by atomic mass is 10.2. The van der Waals surface area contributed by atoms with Crippen molar-refractivity contribution in [2.75, 3.05) is 5.32 Å². The highest BCUT2D eigenvalue weighted by atomic mass is 35.5. The standard InChI is InChI=1S/C12H10Cl2N2/c1-8-6-9(13)2-3-11(8)16-10-4-5-15-12(14)7-10/h2-7H,1H3,(H,15,16). The predicted molar refractivity (Wildman–Crippen MR) is 68.7 cm³/mol. The van der Waals surface area contributed by atoms with Gasteiger partial charge in [0.15, 0.2) is 0 Å². The molecule has 0 radical (unpaired) electrons. The summed E-state index contributed by atoms with van der Waals surface area (Å²) in [5.41, 5.74) is 3.00. The molecule has 0 aliphatic carbocycles. The molecule has 2 rings (SSSR count). The number of benzene rings is 1. The summed E-state index contributed by atoms with van der Waals surface area (Å²) in [6.45, 7) is 2.00. The van der Waals surface area contributed by atoms with Crippen LogP contribution in [0.15, 0.2) is 36.5 Å². The first-order chi connectivity index (χ1) is 7.65. The highest BCUT2D eigenvalue weighted by Crippen LogP contribution is 2.24. The Morgan fingerprint density at radius 1 is 1.12 bits per heavy atom. The lowest BCUT2D eigenvalue weighted by molar-refractivity contribution is 1.32. The van der Waals surface area contributed by atoms with Crippen LogP contribution >= 0.6 is 23.2 Å². The molecule has 0 aliphatic rings. The monoisotopic (exact) mass is 252 g/mol. The molecule has 82 valence electrons. The molecule has 16 heavy (non-hydrogen) atoms. The molecule has 0 unspecified atom stereocenters. The van der Waals surface area contributed by atoms with E-state index in [-0.39, 0.29) is 0 Å². The molecule has 1 aromatic heterocycles. The average molecular weight is 253 g/mol. The Kier molecular flexibility index (Phi) is 3.32. The molecule has 0 bridgehead atoms. The number of hydrogen-bond donors (Lipinski definition) is 1. The molecule has 0 atom stereocenters. The van der Waals surface area contributed by atoms with Crippen molar-refractivity contribution in [2.24, 2.45) is 0 Å². The van der Waals surface area contributed by atoms with E-state index in [1.165, 1.54) is 0 Å². The maximum Gasteiger partial charge on any atom is 0.131 e. The van der Waals surface area contributed by atoms with Crippen molar-refractivity contribution in [3.05, 3.63) is 52.3 Å². The van der Waals surface area contributed by atoms with Crippen LogP contribution in [0, 0.1) is 6.92 Å². The van der Waals surface area contributed by atoms with E-state index in [2.05, 4.69) is 10.3 Å². The van der Waals surface area contributed by atoms with Gasteiger partial charge in [0.2, 0.25) is 0 Å². The van der Waals surface area contributed by atoms with E-state index in [0.717, 1.165) is 22.0 Å². The quantitative estimate of drug-likeness (QED) is 0.800. The fourth-order valence-electron chi connectivity index (χ4n) is 1.40. The summed E-state index contributed by atoms with van der Waals surface area (Å²) in [5, 5.41) is 4.46. The van der Waals surface area contributed by atoms with Gasteiger partial charge in [0.05, 0.1) is 0 Å². The predicted octanol–water partition coefficient (Wildman–Crippen LogP) is 4.44. The Labute approximate surface area is 104 Å². The van der Waals surface area contributed by atoms with Crippen molar-refractivity contribution in [1.29, 1.82) is 0 Å². The maximum absolute atomic E-state index is 5.89. The van der Waals surface area contributed by atoms with Crippen molar-refractivity contribution >= 4 is 34.6 Å². The SMILES string of the molecule is Cc1cc(Cl)ccc1Nc1ccnc(Cl)c1. The van der Waals surface area contributed by atoms with Gasteiger partial charge in [-0.2, -0.15) is 0 Å². The molecule has 4 heteroatoms. The van der Waals surface area contributed by atoms with Crippen molar-refractivity contribution in [2.45, 2.75) is 6.92 Å². The minimum atomic E-state index is 0.469. The van der Waals surface area contributed by atoms with Crippen LogP contribution in [0.5, 0.6) is 0 Å². The first-order valence-corrected chi connectivity index (χ1v) is 5.55. The van der Waals surface area contributed by atoms with Gasteiger partial charge >= 0.3 is 0 Å². The second-order valence-corrected chi connectivity index (χ2v) is 4.28. The van der Waals surface area contributed by atoms with E-state index >= 15 is 0 Å². The van der Waals surface area contributed by atoms with Crippen LogP contribution in [-0.2, 0) is 0 Å². The third-order valence-corrected chi connectivity index (χ3v) is 2.64. The lowest BCUT2D eigenvalue weighted by Crippen LogP contribution is -1.93. The van der Waals surface area contributed by atoms with Crippen molar-refractivity contribution in [3.8, 4) is 0 Å². The van der Waals surface area contributed by atoms with Crippen LogP contribution in [0.2, 0.25) is 10.2 Å². The van der Waals surface area contributed by atoms with Crippen LogP contribution < -0.4 is 5.32 Å². The molecule has 2 aromatic rings. The summed E-state index contributed by atoms with van der Waals surface area (Å²) in [7, 11) is 0. The molecule has 0 amide bonds. The second-order valence-electron chi connectivity index (χ2n) is 3.45. The number of aromatic nitrogens is 1. The number of nitrogens with zero attached hydrogens (tertiary/aromatic N) is 1. The smallest absolute Gasteiger partial charge is 0.131 e. The normalized spacial score (nSPS) is 10.2. The Hall–Kier alpha value is -1.25. The highest BCUT2D eigenvalue weighted by Gasteiger charge is 2.00. The summed E-state index contributed by atoms with van der Waals surface area (Å²) in [5.74, 6) is 0. The Bertz CT molecular complexity index is 512. The van der Waals surface area contributed by atoms with E-state index in [9.17, 15) is 0 Å². The zero-order valence-electron chi connectivity index (χ0n) is 8.67. The van der Waals surface area contributed by atoms with Crippen LogP contribution in [-0.4, -0.2) is 4.98 Å². The molecular weight excluding hydrogens is 243 g/mol. The Balaban J connectivity index is 2.27. The molecule has 0 fully saturated rings. The maximum atomic E-state index is 5.89. The number of aryl methyl sites for hydroxylation is 1. The van der Waals surface area contributed by atoms with Crippen LogP contribution in [0.4, 0.5) is 11.4 Å². The second kappa shape index (κ2) is 4.73. The van der Waals surface area contributed by atoms with Gasteiger partial charge in [-0.05, 0) is 42.8 Å².